The molecule has 2 amide bonds. The van der Waals surface area contributed by atoms with Gasteiger partial charge in [-0.15, -0.1) is 0 Å². The molecule has 2 saturated heterocycles. The van der Waals surface area contributed by atoms with Crippen LogP contribution in [0.1, 0.15) is 5.56 Å². The Morgan fingerprint density at radius 2 is 1.74 bits per heavy atom. The fourth-order valence-corrected chi connectivity index (χ4v) is 4.26. The van der Waals surface area contributed by atoms with Gasteiger partial charge in [-0.05, 0) is 35.9 Å². The highest BCUT2D eigenvalue weighted by Crippen LogP contribution is 2.29. The third-order valence-corrected chi connectivity index (χ3v) is 6.02. The first-order valence-electron chi connectivity index (χ1n) is 11.2. The van der Waals surface area contributed by atoms with E-state index in [2.05, 4.69) is 25.9 Å². The van der Waals surface area contributed by atoms with Crippen LogP contribution in [0.2, 0.25) is 0 Å². The van der Waals surface area contributed by atoms with Gasteiger partial charge in [0.05, 0.1) is 38.1 Å². The van der Waals surface area contributed by atoms with Gasteiger partial charge in [0.25, 0.3) is 0 Å². The Morgan fingerprint density at radius 1 is 1.00 bits per heavy atom. The van der Waals surface area contributed by atoms with Crippen LogP contribution in [0.3, 0.4) is 0 Å². The van der Waals surface area contributed by atoms with Gasteiger partial charge in [0.1, 0.15) is 18.0 Å². The summed E-state index contributed by atoms with van der Waals surface area (Å²) in [6.07, 6.45) is 1.29. The van der Waals surface area contributed by atoms with Crippen LogP contribution in [0.15, 0.2) is 66.9 Å². The highest BCUT2D eigenvalue weighted by molar-refractivity contribution is 5.74. The number of urea groups is 1. The number of amides is 2. The van der Waals surface area contributed by atoms with E-state index in [0.717, 1.165) is 22.6 Å². The zero-order valence-corrected chi connectivity index (χ0v) is 18.8. The lowest BCUT2D eigenvalue weighted by atomic mass is 10.1. The molecule has 0 radical (unpaired) electrons. The lowest BCUT2D eigenvalue weighted by Crippen LogP contribution is -2.48. The molecule has 2 fully saturated rings. The number of rotatable bonds is 7. The van der Waals surface area contributed by atoms with Crippen LogP contribution in [-0.4, -0.2) is 60.6 Å². The van der Waals surface area contributed by atoms with Gasteiger partial charge in [-0.3, -0.25) is 0 Å². The van der Waals surface area contributed by atoms with E-state index >= 15 is 0 Å². The Bertz CT molecular complexity index is 1110. The highest BCUT2D eigenvalue weighted by Gasteiger charge is 2.48. The van der Waals surface area contributed by atoms with Crippen molar-refractivity contribution >= 4 is 12.0 Å². The largest absolute Gasteiger partial charge is 0.497 e. The Hall–Kier alpha value is -3.69. The molecule has 9 heteroatoms. The molecule has 4 atom stereocenters. The first kappa shape index (κ1) is 22.1. The van der Waals surface area contributed by atoms with E-state index < -0.39 is 0 Å². The van der Waals surface area contributed by atoms with Crippen LogP contribution in [0.4, 0.5) is 10.7 Å². The second-order valence-corrected chi connectivity index (χ2v) is 8.26. The molecule has 2 aromatic carbocycles. The van der Waals surface area contributed by atoms with E-state index in [1.807, 2.05) is 60.7 Å². The van der Waals surface area contributed by atoms with Gasteiger partial charge in [-0.1, -0.05) is 30.3 Å². The summed E-state index contributed by atoms with van der Waals surface area (Å²) >= 11 is 0. The van der Waals surface area contributed by atoms with Gasteiger partial charge in [0.2, 0.25) is 5.95 Å². The number of carbonyl (C=O) groups is 1. The summed E-state index contributed by atoms with van der Waals surface area (Å²) in [5, 5.41) is 9.20. The number of fused-ring (bicyclic) bond motifs is 1. The summed E-state index contributed by atoms with van der Waals surface area (Å²) in [5.74, 6) is 1.30. The molecule has 3 N–H and O–H groups in total. The molecule has 0 spiro atoms. The van der Waals surface area contributed by atoms with Crippen molar-refractivity contribution in [2.45, 2.75) is 30.8 Å². The van der Waals surface area contributed by atoms with Crippen LogP contribution in [0.5, 0.6) is 5.75 Å². The molecular weight excluding hydrogens is 434 g/mol. The summed E-state index contributed by atoms with van der Waals surface area (Å²) in [6.45, 7) is 1.29. The second-order valence-electron chi connectivity index (χ2n) is 8.26. The molecule has 2 aliphatic rings. The number of aromatic nitrogens is 2. The minimum atomic E-state index is -0.242. The zero-order valence-electron chi connectivity index (χ0n) is 18.8. The van der Waals surface area contributed by atoms with Crippen molar-refractivity contribution in [3.05, 3.63) is 72.4 Å². The van der Waals surface area contributed by atoms with Crippen molar-refractivity contribution in [1.29, 1.82) is 0 Å². The maximum atomic E-state index is 12.4. The number of nitrogens with zero attached hydrogens (tertiary/aromatic N) is 2. The number of ether oxygens (including phenoxy) is 3. The standard InChI is InChI=1S/C25H27N5O4/c1-32-18-9-7-17(8-10-18)19-11-12-26-24(28-19)29-20-14-33-23-21(15-34-22(20)23)30-25(31)27-13-16-5-3-2-4-6-16/h2-12,20-23H,13-15H2,1H3,(H,26,28,29)(H2,27,30,31)/t20-,21+,22-,23+/m1/s1. The molecule has 0 saturated carbocycles. The molecule has 0 bridgehead atoms. The van der Waals surface area contributed by atoms with Crippen LogP contribution in [-0.2, 0) is 16.0 Å². The Morgan fingerprint density at radius 3 is 2.50 bits per heavy atom. The van der Waals surface area contributed by atoms with Crippen LogP contribution in [0, 0.1) is 0 Å². The van der Waals surface area contributed by atoms with E-state index in [4.69, 9.17) is 14.2 Å². The first-order valence-corrected chi connectivity index (χ1v) is 11.2. The van der Waals surface area contributed by atoms with Gasteiger partial charge >= 0.3 is 6.03 Å². The average molecular weight is 462 g/mol. The van der Waals surface area contributed by atoms with E-state index in [-0.39, 0.29) is 30.3 Å². The monoisotopic (exact) mass is 461 g/mol. The predicted molar refractivity (Wildman–Crippen MR) is 127 cm³/mol. The van der Waals surface area contributed by atoms with Crippen LogP contribution < -0.4 is 20.7 Å². The lowest BCUT2D eigenvalue weighted by Gasteiger charge is -2.18. The maximum Gasteiger partial charge on any atom is 0.315 e. The second kappa shape index (κ2) is 10.1. The molecular formula is C25H27N5O4. The molecule has 0 unspecified atom stereocenters. The number of benzene rings is 2. The molecule has 3 heterocycles. The number of carbonyl (C=O) groups excluding carboxylic acids is 1. The number of nitrogens with one attached hydrogen (secondary N) is 3. The third-order valence-electron chi connectivity index (χ3n) is 6.02. The van der Waals surface area contributed by atoms with E-state index in [1.165, 1.54) is 0 Å². The molecule has 2 aliphatic heterocycles. The Labute approximate surface area is 197 Å². The van der Waals surface area contributed by atoms with Crippen LogP contribution in [0.25, 0.3) is 11.3 Å². The molecule has 3 aromatic rings. The summed E-state index contributed by atoms with van der Waals surface area (Å²) in [5.41, 5.74) is 2.81. The van der Waals surface area contributed by atoms with Crippen LogP contribution >= 0.6 is 0 Å². The quantitative estimate of drug-likeness (QED) is 0.497. The summed E-state index contributed by atoms with van der Waals surface area (Å²) in [7, 11) is 1.64. The van der Waals surface area contributed by atoms with Crippen molar-refractivity contribution in [2.75, 3.05) is 25.6 Å². The van der Waals surface area contributed by atoms with Gasteiger partial charge in [-0.2, -0.15) is 0 Å². The summed E-state index contributed by atoms with van der Waals surface area (Å²) in [6, 6.07) is 18.8. The normalized spacial score (nSPS) is 23.2. The molecule has 176 valence electrons. The zero-order chi connectivity index (χ0) is 23.3. The van der Waals surface area contributed by atoms with E-state index in [1.54, 1.807) is 13.3 Å². The first-order chi connectivity index (χ1) is 16.7. The minimum absolute atomic E-state index is 0.115. The lowest BCUT2D eigenvalue weighted by molar-refractivity contribution is 0.0682. The molecule has 0 aliphatic carbocycles. The maximum absolute atomic E-state index is 12.4. The van der Waals surface area contributed by atoms with Gasteiger partial charge in [0.15, 0.2) is 0 Å². The topological polar surface area (TPSA) is 107 Å². The highest BCUT2D eigenvalue weighted by atomic mass is 16.6. The fraction of sp³-hybridized carbons (Fsp3) is 0.320. The number of methoxy groups -OCH3 is 1. The molecule has 34 heavy (non-hydrogen) atoms. The number of anilines is 1. The molecule has 5 rings (SSSR count). The van der Waals surface area contributed by atoms with Crippen molar-refractivity contribution in [2.24, 2.45) is 0 Å². The van der Waals surface area contributed by atoms with Crippen molar-refractivity contribution in [3.8, 4) is 17.0 Å². The summed E-state index contributed by atoms with van der Waals surface area (Å²) in [4.78, 5) is 21.4. The third kappa shape index (κ3) is 4.95. The van der Waals surface area contributed by atoms with E-state index in [9.17, 15) is 4.79 Å². The Balaban J connectivity index is 1.16. The van der Waals surface area contributed by atoms with Crippen molar-refractivity contribution < 1.29 is 19.0 Å². The van der Waals surface area contributed by atoms with E-state index in [0.29, 0.717) is 25.7 Å². The van der Waals surface area contributed by atoms with Crippen molar-refractivity contribution in [1.82, 2.24) is 20.6 Å². The van der Waals surface area contributed by atoms with Gasteiger partial charge in [-0.25, -0.2) is 14.8 Å². The number of hydrogen-bond donors (Lipinski definition) is 3. The number of hydrogen-bond acceptors (Lipinski definition) is 7. The molecule has 1 aromatic heterocycles. The smallest absolute Gasteiger partial charge is 0.315 e. The van der Waals surface area contributed by atoms with Crippen molar-refractivity contribution in [3.63, 3.8) is 0 Å². The minimum Gasteiger partial charge on any atom is -0.497 e. The fourth-order valence-electron chi connectivity index (χ4n) is 4.26. The SMILES string of the molecule is COc1ccc(-c2ccnc(N[C@@H]3CO[C@@H]4[C@@H]3OC[C@@H]4NC(=O)NCc3ccccc3)n2)cc1. The van der Waals surface area contributed by atoms with Gasteiger partial charge < -0.3 is 30.2 Å². The predicted octanol–water partition coefficient (Wildman–Crippen LogP) is 2.60. The molecule has 9 nitrogen and oxygen atoms in total. The van der Waals surface area contributed by atoms with Gasteiger partial charge in [0, 0.05) is 18.3 Å². The summed E-state index contributed by atoms with van der Waals surface area (Å²) < 4.78 is 17.2. The average Bonchev–Trinajstić information content (AvgIpc) is 3.47. The Kier molecular flexibility index (Phi) is 6.55.